The Morgan fingerprint density at radius 3 is 2.57 bits per heavy atom. The molecule has 0 spiro atoms. The number of anilines is 1. The molecule has 2 aromatic rings. The fourth-order valence-corrected chi connectivity index (χ4v) is 6.50. The first-order valence-corrected chi connectivity index (χ1v) is 14.4. The van der Waals surface area contributed by atoms with E-state index in [2.05, 4.69) is 46.9 Å². The van der Waals surface area contributed by atoms with Crippen LogP contribution in [0.5, 0.6) is 0 Å². The average molecular weight is 502 g/mol. The molecule has 37 heavy (non-hydrogen) atoms. The number of nitrogens with zero attached hydrogens (tertiary/aromatic N) is 5. The van der Waals surface area contributed by atoms with E-state index in [0.717, 1.165) is 49.2 Å². The van der Waals surface area contributed by atoms with E-state index in [1.807, 2.05) is 19.2 Å². The Morgan fingerprint density at radius 1 is 1.08 bits per heavy atom. The van der Waals surface area contributed by atoms with Gasteiger partial charge in [-0.15, -0.1) is 0 Å². The third-order valence-corrected chi connectivity index (χ3v) is 8.63. The van der Waals surface area contributed by atoms with Gasteiger partial charge in [-0.05, 0) is 69.6 Å². The van der Waals surface area contributed by atoms with Gasteiger partial charge in [0.2, 0.25) is 5.95 Å². The van der Waals surface area contributed by atoms with Crippen LogP contribution in [0.4, 0.5) is 5.95 Å². The van der Waals surface area contributed by atoms with Crippen molar-refractivity contribution in [1.82, 2.24) is 19.4 Å². The summed E-state index contributed by atoms with van der Waals surface area (Å²) in [6, 6.07) is 6.82. The lowest BCUT2D eigenvalue weighted by atomic mass is 9.84. The molecule has 1 saturated heterocycles. The SMILES string of the molecule is CC(C)N(CC1C=CC(C2CCCN(c3nc(-c4ccncc4)cc(=O)n3C)C2)=CC1)C1CCCCC1. The maximum Gasteiger partial charge on any atom is 0.255 e. The van der Waals surface area contributed by atoms with Crippen LogP contribution in [0.1, 0.15) is 65.2 Å². The van der Waals surface area contributed by atoms with E-state index >= 15 is 0 Å². The first-order chi connectivity index (χ1) is 18.0. The van der Waals surface area contributed by atoms with E-state index in [-0.39, 0.29) is 5.56 Å². The van der Waals surface area contributed by atoms with E-state index in [1.165, 1.54) is 50.6 Å². The molecule has 0 aromatic carbocycles. The number of aromatic nitrogens is 3. The Morgan fingerprint density at radius 2 is 1.86 bits per heavy atom. The zero-order valence-electron chi connectivity index (χ0n) is 22.9. The molecule has 2 unspecified atom stereocenters. The van der Waals surface area contributed by atoms with Gasteiger partial charge in [0.25, 0.3) is 5.56 Å². The van der Waals surface area contributed by atoms with Crippen LogP contribution in [0, 0.1) is 11.8 Å². The highest BCUT2D eigenvalue weighted by Gasteiger charge is 2.28. The summed E-state index contributed by atoms with van der Waals surface area (Å²) in [4.78, 5) is 26.9. The third kappa shape index (κ3) is 6.06. The van der Waals surface area contributed by atoms with Crippen molar-refractivity contribution < 1.29 is 0 Å². The number of allylic oxidation sites excluding steroid dienone is 2. The van der Waals surface area contributed by atoms with Gasteiger partial charge in [0, 0.05) is 68.7 Å². The zero-order valence-corrected chi connectivity index (χ0v) is 22.9. The first-order valence-electron chi connectivity index (χ1n) is 14.4. The van der Waals surface area contributed by atoms with Crippen LogP contribution in [0.3, 0.4) is 0 Å². The summed E-state index contributed by atoms with van der Waals surface area (Å²) in [5, 5.41) is 0. The van der Waals surface area contributed by atoms with Crippen LogP contribution >= 0.6 is 0 Å². The van der Waals surface area contributed by atoms with Crippen LogP contribution in [-0.2, 0) is 7.05 Å². The van der Waals surface area contributed by atoms with Crippen molar-refractivity contribution in [2.45, 2.75) is 77.3 Å². The summed E-state index contributed by atoms with van der Waals surface area (Å²) < 4.78 is 1.69. The highest BCUT2D eigenvalue weighted by molar-refractivity contribution is 5.59. The van der Waals surface area contributed by atoms with Crippen LogP contribution in [-0.4, -0.2) is 51.2 Å². The van der Waals surface area contributed by atoms with E-state index in [4.69, 9.17) is 4.98 Å². The van der Waals surface area contributed by atoms with Crippen LogP contribution < -0.4 is 10.5 Å². The Hall–Kier alpha value is -2.73. The van der Waals surface area contributed by atoms with Gasteiger partial charge in [0.1, 0.15) is 0 Å². The molecule has 2 fully saturated rings. The van der Waals surface area contributed by atoms with Gasteiger partial charge in [-0.3, -0.25) is 19.2 Å². The number of rotatable bonds is 7. The van der Waals surface area contributed by atoms with Gasteiger partial charge in [-0.25, -0.2) is 4.98 Å². The zero-order chi connectivity index (χ0) is 25.8. The molecule has 2 aliphatic carbocycles. The first kappa shape index (κ1) is 25.9. The Balaban J connectivity index is 1.26. The molecular formula is C31H43N5O. The van der Waals surface area contributed by atoms with Gasteiger partial charge in [-0.1, -0.05) is 37.5 Å². The molecule has 2 aromatic heterocycles. The van der Waals surface area contributed by atoms with Crippen molar-refractivity contribution in [2.24, 2.45) is 18.9 Å². The maximum absolute atomic E-state index is 12.8. The molecule has 3 aliphatic rings. The van der Waals surface area contributed by atoms with Gasteiger partial charge in [-0.2, -0.15) is 0 Å². The number of hydrogen-bond acceptors (Lipinski definition) is 5. The van der Waals surface area contributed by atoms with E-state index < -0.39 is 0 Å². The van der Waals surface area contributed by atoms with Crippen molar-refractivity contribution in [3.63, 3.8) is 0 Å². The molecule has 198 valence electrons. The molecule has 0 bridgehead atoms. The molecule has 6 nitrogen and oxygen atoms in total. The van der Waals surface area contributed by atoms with Crippen molar-refractivity contribution in [3.8, 4) is 11.3 Å². The van der Waals surface area contributed by atoms with Crippen molar-refractivity contribution in [1.29, 1.82) is 0 Å². The molecule has 2 atom stereocenters. The number of hydrogen-bond donors (Lipinski definition) is 0. The topological polar surface area (TPSA) is 54.3 Å². The molecule has 0 radical (unpaired) electrons. The van der Waals surface area contributed by atoms with Crippen LogP contribution in [0.2, 0.25) is 0 Å². The summed E-state index contributed by atoms with van der Waals surface area (Å²) in [7, 11) is 1.84. The van der Waals surface area contributed by atoms with E-state index in [9.17, 15) is 4.79 Å². The summed E-state index contributed by atoms with van der Waals surface area (Å²) in [6.07, 6.45) is 21.2. The van der Waals surface area contributed by atoms with Crippen LogP contribution in [0.15, 0.2) is 59.2 Å². The fourth-order valence-electron chi connectivity index (χ4n) is 6.50. The monoisotopic (exact) mass is 501 g/mol. The molecule has 5 rings (SSSR count). The molecule has 3 heterocycles. The summed E-state index contributed by atoms with van der Waals surface area (Å²) >= 11 is 0. The predicted octanol–water partition coefficient (Wildman–Crippen LogP) is 5.60. The lowest BCUT2D eigenvalue weighted by Crippen LogP contribution is -2.44. The molecule has 1 aliphatic heterocycles. The molecule has 0 N–H and O–H groups in total. The van der Waals surface area contributed by atoms with Crippen molar-refractivity contribution >= 4 is 5.95 Å². The van der Waals surface area contributed by atoms with E-state index in [1.54, 1.807) is 23.0 Å². The van der Waals surface area contributed by atoms with Gasteiger partial charge in [0.05, 0.1) is 5.69 Å². The minimum atomic E-state index is -0.0220. The lowest BCUT2D eigenvalue weighted by Gasteiger charge is -2.39. The standard InChI is InChI=1S/C31H43N5O/c1-23(2)36(28-9-5-4-6-10-28)21-24-11-13-25(14-12-24)27-8-7-19-35(22-27)31-33-29(20-30(37)34(31)3)26-15-17-32-18-16-26/h11,13-18,20,23-24,27-28H,4-10,12,19,21-22H2,1-3H3. The Labute approximate surface area is 222 Å². The van der Waals surface area contributed by atoms with Gasteiger partial charge < -0.3 is 4.90 Å². The van der Waals surface area contributed by atoms with Crippen LogP contribution in [0.25, 0.3) is 11.3 Å². The maximum atomic E-state index is 12.8. The molecule has 1 saturated carbocycles. The number of piperidine rings is 1. The van der Waals surface area contributed by atoms with E-state index in [0.29, 0.717) is 17.9 Å². The van der Waals surface area contributed by atoms with Crippen molar-refractivity contribution in [3.05, 3.63) is 64.7 Å². The molecule has 6 heteroatoms. The molecule has 0 amide bonds. The van der Waals surface area contributed by atoms with Gasteiger partial charge in [0.15, 0.2) is 0 Å². The second-order valence-electron chi connectivity index (χ2n) is 11.5. The summed E-state index contributed by atoms with van der Waals surface area (Å²) in [6.45, 7) is 7.74. The van der Waals surface area contributed by atoms with Gasteiger partial charge >= 0.3 is 0 Å². The average Bonchev–Trinajstić information content (AvgIpc) is 2.94. The largest absolute Gasteiger partial charge is 0.342 e. The predicted molar refractivity (Wildman–Crippen MR) is 152 cm³/mol. The number of pyridine rings is 1. The Bertz CT molecular complexity index is 1160. The molecular weight excluding hydrogens is 458 g/mol. The second kappa shape index (κ2) is 11.8. The summed E-state index contributed by atoms with van der Waals surface area (Å²) in [5.41, 5.74) is 3.08. The lowest BCUT2D eigenvalue weighted by molar-refractivity contribution is 0.107. The summed E-state index contributed by atoms with van der Waals surface area (Å²) in [5.74, 6) is 1.85. The van der Waals surface area contributed by atoms with Crippen molar-refractivity contribution in [2.75, 3.05) is 24.5 Å². The highest BCUT2D eigenvalue weighted by atomic mass is 16.1. The fraction of sp³-hybridized carbons (Fsp3) is 0.581. The second-order valence-corrected chi connectivity index (χ2v) is 11.5. The smallest absolute Gasteiger partial charge is 0.255 e. The highest BCUT2D eigenvalue weighted by Crippen LogP contribution is 2.32. The normalized spacial score (nSPS) is 23.1. The Kier molecular flexibility index (Phi) is 8.23. The quantitative estimate of drug-likeness (QED) is 0.494. The minimum Gasteiger partial charge on any atom is -0.342 e. The third-order valence-electron chi connectivity index (χ3n) is 8.63. The minimum absolute atomic E-state index is 0.0220.